The Morgan fingerprint density at radius 1 is 0.824 bits per heavy atom. The van der Waals surface area contributed by atoms with Crippen LogP contribution in [0.25, 0.3) is 0 Å². The summed E-state index contributed by atoms with van der Waals surface area (Å²) in [4.78, 5) is 10.4. The molecular weight excluding hydrogens is 418 g/mol. The second-order valence-electron chi connectivity index (χ2n) is 10.8. The van der Waals surface area contributed by atoms with Gasteiger partial charge in [0, 0.05) is 33.7 Å². The lowest BCUT2D eigenvalue weighted by molar-refractivity contribution is 0.404. The van der Waals surface area contributed by atoms with Crippen LogP contribution in [0.3, 0.4) is 0 Å². The lowest BCUT2D eigenvalue weighted by Gasteiger charge is -2.15. The summed E-state index contributed by atoms with van der Waals surface area (Å²) in [6, 6.07) is 5.76. The number of aromatic amines is 2. The molecule has 34 heavy (non-hydrogen) atoms. The van der Waals surface area contributed by atoms with Crippen LogP contribution in [-0.2, 0) is 16.2 Å². The molecule has 2 N–H and O–H groups in total. The molecule has 0 atom stereocenters. The molecule has 0 radical (unpaired) electrons. The molecule has 3 aromatic rings. The predicted molar refractivity (Wildman–Crippen MR) is 145 cm³/mol. The Hall–Kier alpha value is -3.55. The van der Waals surface area contributed by atoms with Crippen LogP contribution >= 0.6 is 0 Å². The van der Waals surface area contributed by atoms with Crippen molar-refractivity contribution in [2.45, 2.75) is 86.0 Å². The molecule has 0 saturated heterocycles. The molecule has 0 saturated carbocycles. The number of imidazole rings is 1. The quantitative estimate of drug-likeness (QED) is 0.350. The summed E-state index contributed by atoms with van der Waals surface area (Å²) < 4.78 is 5.36. The Morgan fingerprint density at radius 2 is 1.44 bits per heavy atom. The Bertz CT molecular complexity index is 996. The Kier molecular flexibility index (Phi) is 10.8. The molecule has 0 unspecified atom stereocenters. The molecule has 0 fully saturated rings. The predicted octanol–water partition coefficient (Wildman–Crippen LogP) is 7.18. The Labute approximate surface area is 207 Å². The minimum Gasteiger partial charge on any atom is -0.452 e. The van der Waals surface area contributed by atoms with Gasteiger partial charge in [0.15, 0.2) is 5.76 Å². The van der Waals surface area contributed by atoms with Crippen molar-refractivity contribution in [2.24, 2.45) is 0 Å². The number of aromatic nitrogens is 3. The third-order valence-electron chi connectivity index (χ3n) is 4.59. The standard InChI is InChI=1S/C10H13N.C10H12O.C9H12N2.CH4/c1-5-8-6-9(11-7-8)10(2,3)4;1-5-8-6-7-9(11-8)10(2,3)4;1-5-7-6-10-8(11-7)9(2,3)4;/h1,6-7,11H,2-4H3;1,6-7H,2-4H3;1,6H,2-4H3,(H,10,11);1H4. The van der Waals surface area contributed by atoms with Crippen molar-refractivity contribution in [3.63, 3.8) is 0 Å². The van der Waals surface area contributed by atoms with Crippen molar-refractivity contribution in [1.29, 1.82) is 0 Å². The maximum atomic E-state index is 5.36. The van der Waals surface area contributed by atoms with Crippen LogP contribution in [0.2, 0.25) is 0 Å². The van der Waals surface area contributed by atoms with E-state index < -0.39 is 0 Å². The summed E-state index contributed by atoms with van der Waals surface area (Å²) in [5.74, 6) is 10.0. The Balaban J connectivity index is 0.000000473. The van der Waals surface area contributed by atoms with E-state index >= 15 is 0 Å². The number of hydrogen-bond acceptors (Lipinski definition) is 2. The van der Waals surface area contributed by atoms with Crippen molar-refractivity contribution in [3.05, 3.63) is 64.9 Å². The first kappa shape index (κ1) is 30.4. The topological polar surface area (TPSA) is 57.6 Å². The molecule has 3 aromatic heterocycles. The second kappa shape index (κ2) is 12.1. The van der Waals surface area contributed by atoms with Crippen LogP contribution in [0, 0.1) is 37.0 Å². The normalized spacial score (nSPS) is 10.8. The number of terminal acetylenes is 3. The van der Waals surface area contributed by atoms with Crippen molar-refractivity contribution in [1.82, 2.24) is 15.0 Å². The molecule has 0 spiro atoms. The van der Waals surface area contributed by atoms with Gasteiger partial charge in [0.2, 0.25) is 0 Å². The summed E-state index contributed by atoms with van der Waals surface area (Å²) in [5.41, 5.74) is 3.12. The second-order valence-corrected chi connectivity index (χ2v) is 10.8. The molecular formula is C30H41N3O. The highest BCUT2D eigenvalue weighted by Crippen LogP contribution is 2.23. The van der Waals surface area contributed by atoms with E-state index in [1.165, 1.54) is 5.69 Å². The molecule has 4 nitrogen and oxygen atoms in total. The summed E-state index contributed by atoms with van der Waals surface area (Å²) >= 11 is 0. The first-order valence-corrected chi connectivity index (χ1v) is 10.9. The highest BCUT2D eigenvalue weighted by Gasteiger charge is 2.18. The van der Waals surface area contributed by atoms with E-state index in [9.17, 15) is 0 Å². The molecule has 4 heteroatoms. The number of rotatable bonds is 0. The molecule has 0 aromatic carbocycles. The van der Waals surface area contributed by atoms with Crippen LogP contribution < -0.4 is 0 Å². The fourth-order valence-corrected chi connectivity index (χ4v) is 2.50. The van der Waals surface area contributed by atoms with Gasteiger partial charge in [-0.15, -0.1) is 19.3 Å². The van der Waals surface area contributed by atoms with Gasteiger partial charge in [0.25, 0.3) is 0 Å². The van der Waals surface area contributed by atoms with Crippen molar-refractivity contribution in [2.75, 3.05) is 0 Å². The lowest BCUT2D eigenvalue weighted by Crippen LogP contribution is -2.13. The molecule has 0 aliphatic heterocycles. The van der Waals surface area contributed by atoms with Crippen molar-refractivity contribution in [3.8, 4) is 37.0 Å². The molecule has 0 amide bonds. The van der Waals surface area contributed by atoms with Gasteiger partial charge in [-0.25, -0.2) is 4.98 Å². The highest BCUT2D eigenvalue weighted by atomic mass is 16.3. The van der Waals surface area contributed by atoms with Gasteiger partial charge >= 0.3 is 0 Å². The SMILES string of the molecule is C.C#Cc1c[nH]c(C(C)(C)C)c1.C#Cc1ccc(C(C)(C)C)o1.C#Cc1cnc(C(C)(C)C)[nH]1. The first-order chi connectivity index (χ1) is 15.1. The molecule has 0 aliphatic carbocycles. The minimum absolute atomic E-state index is 0. The third kappa shape index (κ3) is 9.52. The summed E-state index contributed by atoms with van der Waals surface area (Å²) in [5, 5.41) is 0. The highest BCUT2D eigenvalue weighted by molar-refractivity contribution is 5.34. The van der Waals surface area contributed by atoms with E-state index in [0.29, 0.717) is 5.76 Å². The number of furan rings is 1. The molecule has 0 aliphatic rings. The van der Waals surface area contributed by atoms with Gasteiger partial charge in [-0.3, -0.25) is 0 Å². The maximum absolute atomic E-state index is 5.36. The smallest absolute Gasteiger partial charge is 0.176 e. The van der Waals surface area contributed by atoms with Crippen molar-refractivity contribution >= 4 is 0 Å². The summed E-state index contributed by atoms with van der Waals surface area (Å²) in [6.07, 6.45) is 19.1. The van der Waals surface area contributed by atoms with Crippen LogP contribution in [0.1, 0.15) is 104 Å². The van der Waals surface area contributed by atoms with Gasteiger partial charge in [-0.2, -0.15) is 0 Å². The van der Waals surface area contributed by atoms with Crippen LogP contribution in [0.15, 0.2) is 35.0 Å². The summed E-state index contributed by atoms with van der Waals surface area (Å²) in [6.45, 7) is 19.0. The largest absolute Gasteiger partial charge is 0.452 e. The zero-order chi connectivity index (χ0) is 25.4. The van der Waals surface area contributed by atoms with E-state index in [4.69, 9.17) is 23.7 Å². The lowest BCUT2D eigenvalue weighted by atomic mass is 9.92. The van der Waals surface area contributed by atoms with E-state index in [1.807, 2.05) is 24.4 Å². The van der Waals surface area contributed by atoms with Crippen LogP contribution in [0.4, 0.5) is 0 Å². The number of nitrogens with zero attached hydrogens (tertiary/aromatic N) is 1. The van der Waals surface area contributed by atoms with Crippen molar-refractivity contribution < 1.29 is 4.42 Å². The molecule has 3 rings (SSSR count). The fraction of sp³-hybridized carbons (Fsp3) is 0.433. The van der Waals surface area contributed by atoms with Crippen LogP contribution in [0.5, 0.6) is 0 Å². The molecule has 182 valence electrons. The zero-order valence-corrected chi connectivity index (χ0v) is 21.5. The van der Waals surface area contributed by atoms with E-state index in [-0.39, 0.29) is 23.7 Å². The molecule has 0 bridgehead atoms. The van der Waals surface area contributed by atoms with Gasteiger partial charge in [-0.1, -0.05) is 81.6 Å². The average Bonchev–Trinajstić information content (AvgIpc) is 3.47. The van der Waals surface area contributed by atoms with Gasteiger partial charge in [0.1, 0.15) is 17.3 Å². The van der Waals surface area contributed by atoms with E-state index in [1.54, 1.807) is 6.20 Å². The minimum atomic E-state index is 0. The first-order valence-electron chi connectivity index (χ1n) is 10.9. The van der Waals surface area contributed by atoms with Gasteiger partial charge in [-0.05, 0) is 24.1 Å². The van der Waals surface area contributed by atoms with E-state index in [2.05, 4.69) is 95.0 Å². The van der Waals surface area contributed by atoms with Gasteiger partial charge < -0.3 is 14.4 Å². The van der Waals surface area contributed by atoms with E-state index in [0.717, 1.165) is 22.8 Å². The monoisotopic (exact) mass is 459 g/mol. The Morgan fingerprint density at radius 3 is 1.71 bits per heavy atom. The number of hydrogen-bond donors (Lipinski definition) is 2. The summed E-state index contributed by atoms with van der Waals surface area (Å²) in [7, 11) is 0. The third-order valence-corrected chi connectivity index (χ3v) is 4.59. The number of nitrogens with one attached hydrogen (secondary N) is 2. The maximum Gasteiger partial charge on any atom is 0.176 e. The zero-order valence-electron chi connectivity index (χ0n) is 21.5. The van der Waals surface area contributed by atoms with Gasteiger partial charge in [0.05, 0.1) is 6.20 Å². The average molecular weight is 460 g/mol. The molecule has 3 heterocycles. The fourth-order valence-electron chi connectivity index (χ4n) is 2.50. The van der Waals surface area contributed by atoms with Crippen LogP contribution in [-0.4, -0.2) is 15.0 Å². The number of H-pyrrole nitrogens is 2.